The second kappa shape index (κ2) is 9.77. The van der Waals surface area contributed by atoms with Gasteiger partial charge in [-0.25, -0.2) is 15.0 Å². The third kappa shape index (κ3) is 6.50. The zero-order chi connectivity index (χ0) is 23.5. The lowest BCUT2D eigenvalue weighted by atomic mass is 10.1. The topological polar surface area (TPSA) is 240 Å². The van der Waals surface area contributed by atoms with Crippen molar-refractivity contribution in [3.63, 3.8) is 0 Å². The number of nitrogens with two attached hydrogens (primary N) is 2. The number of carbonyl (C=O) groups is 1. The Morgan fingerprint density at radius 2 is 1.90 bits per heavy atom. The lowest BCUT2D eigenvalue weighted by Crippen LogP contribution is -2.39. The first-order valence-corrected chi connectivity index (χ1v) is 10.3. The van der Waals surface area contributed by atoms with Crippen molar-refractivity contribution < 1.29 is 37.3 Å². The maximum absolute atomic E-state index is 10.9. The van der Waals surface area contributed by atoms with Gasteiger partial charge in [0.1, 0.15) is 30.5 Å². The third-order valence-corrected chi connectivity index (χ3v) is 4.50. The van der Waals surface area contributed by atoms with Crippen LogP contribution in [0.15, 0.2) is 6.33 Å². The van der Waals surface area contributed by atoms with Crippen molar-refractivity contribution in [2.75, 3.05) is 25.9 Å². The van der Waals surface area contributed by atoms with E-state index in [1.54, 1.807) is 18.5 Å². The Kier molecular flexibility index (Phi) is 7.82. The molecule has 1 amide bonds. The van der Waals surface area contributed by atoms with Crippen LogP contribution in [0.1, 0.15) is 18.5 Å². The summed E-state index contributed by atoms with van der Waals surface area (Å²) in [6, 6.07) is 0. The predicted molar refractivity (Wildman–Crippen MR) is 106 cm³/mol. The van der Waals surface area contributed by atoms with Crippen molar-refractivity contribution in [2.24, 2.45) is 5.73 Å². The summed E-state index contributed by atoms with van der Waals surface area (Å²) in [7, 11) is -2.88. The highest BCUT2D eigenvalue weighted by atomic mass is 32.3. The van der Waals surface area contributed by atoms with E-state index in [1.165, 1.54) is 6.33 Å². The standard InChI is InChI=1S/C15H23N7O4.H2O4S/c1-7-20-10-13(17)18-6-19-14(10)22(7)15-12(25)11(24)8(26-15)5-21(2)4-3-9(16)23;1-5(2,3)4/h6,8,11-12,15,24-25H,3-5H2,1-2H3,(H2,16,23)(H2,17,18,19);(H2,1,2,3,4)/t8-,11-,12-,15-;/m1./s1. The molecule has 1 aliphatic rings. The van der Waals surface area contributed by atoms with Crippen LogP contribution >= 0.6 is 0 Å². The van der Waals surface area contributed by atoms with Gasteiger partial charge in [0, 0.05) is 19.5 Å². The van der Waals surface area contributed by atoms with Gasteiger partial charge in [0.25, 0.3) is 0 Å². The molecule has 1 saturated heterocycles. The number of amides is 1. The van der Waals surface area contributed by atoms with Crippen LogP contribution in [0.3, 0.4) is 0 Å². The van der Waals surface area contributed by atoms with Gasteiger partial charge in [0.05, 0.1) is 0 Å². The fourth-order valence-electron chi connectivity index (χ4n) is 3.13. The van der Waals surface area contributed by atoms with Crippen molar-refractivity contribution in [3.8, 4) is 0 Å². The Morgan fingerprint density at radius 3 is 2.48 bits per heavy atom. The van der Waals surface area contributed by atoms with E-state index in [2.05, 4.69) is 15.0 Å². The van der Waals surface area contributed by atoms with Gasteiger partial charge in [0.15, 0.2) is 23.2 Å². The van der Waals surface area contributed by atoms with Crippen LogP contribution in [0, 0.1) is 6.92 Å². The van der Waals surface area contributed by atoms with Crippen molar-refractivity contribution in [1.29, 1.82) is 0 Å². The van der Waals surface area contributed by atoms with E-state index in [-0.39, 0.29) is 12.2 Å². The maximum atomic E-state index is 10.9. The van der Waals surface area contributed by atoms with Gasteiger partial charge in [-0.05, 0) is 14.0 Å². The van der Waals surface area contributed by atoms with Crippen LogP contribution in [0.5, 0.6) is 0 Å². The van der Waals surface area contributed by atoms with Crippen LogP contribution < -0.4 is 11.5 Å². The summed E-state index contributed by atoms with van der Waals surface area (Å²) >= 11 is 0. The number of fused-ring (bicyclic) bond motifs is 1. The van der Waals surface area contributed by atoms with Gasteiger partial charge >= 0.3 is 10.4 Å². The molecular formula is C15H25N7O8S. The summed E-state index contributed by atoms with van der Waals surface area (Å²) in [5.74, 6) is 0.360. The number of aliphatic hydroxyl groups excluding tert-OH is 2. The second-order valence-electron chi connectivity index (χ2n) is 6.93. The number of rotatable bonds is 6. The van der Waals surface area contributed by atoms with Gasteiger partial charge in [-0.2, -0.15) is 8.42 Å². The molecule has 1 aliphatic heterocycles. The molecule has 0 unspecified atom stereocenters. The lowest BCUT2D eigenvalue weighted by Gasteiger charge is -2.22. The molecule has 3 rings (SSSR count). The molecule has 0 aliphatic carbocycles. The van der Waals surface area contributed by atoms with Gasteiger partial charge in [-0.3, -0.25) is 18.5 Å². The number of carbonyl (C=O) groups excluding carboxylic acids is 1. The highest BCUT2D eigenvalue weighted by molar-refractivity contribution is 7.79. The monoisotopic (exact) mass is 463 g/mol. The first-order valence-electron chi connectivity index (χ1n) is 8.93. The Morgan fingerprint density at radius 1 is 1.29 bits per heavy atom. The molecule has 0 aromatic carbocycles. The molecular weight excluding hydrogens is 438 g/mol. The van der Waals surface area contributed by atoms with E-state index < -0.39 is 40.8 Å². The summed E-state index contributed by atoms with van der Waals surface area (Å²) in [4.78, 5) is 25.1. The molecule has 0 spiro atoms. The molecule has 0 bridgehead atoms. The van der Waals surface area contributed by atoms with E-state index in [0.717, 1.165) is 0 Å². The third-order valence-electron chi connectivity index (χ3n) is 4.50. The van der Waals surface area contributed by atoms with Crippen LogP contribution in [-0.4, -0.2) is 96.5 Å². The first-order chi connectivity index (χ1) is 14.3. The molecule has 0 saturated carbocycles. The van der Waals surface area contributed by atoms with Crippen LogP contribution in [0.25, 0.3) is 11.2 Å². The molecule has 0 radical (unpaired) electrons. The Labute approximate surface area is 177 Å². The molecule has 16 heteroatoms. The maximum Gasteiger partial charge on any atom is 0.394 e. The number of nitrogens with zero attached hydrogens (tertiary/aromatic N) is 5. The van der Waals surface area contributed by atoms with Gasteiger partial charge in [0.2, 0.25) is 5.91 Å². The summed E-state index contributed by atoms with van der Waals surface area (Å²) < 4.78 is 39.1. The van der Waals surface area contributed by atoms with Crippen LogP contribution in [-0.2, 0) is 19.9 Å². The number of aromatic nitrogens is 4. The summed E-state index contributed by atoms with van der Waals surface area (Å²) in [6.07, 6.45) is -2.28. The molecule has 174 valence electrons. The lowest BCUT2D eigenvalue weighted by molar-refractivity contribution is -0.118. The number of aryl methyl sites for hydroxylation is 1. The van der Waals surface area contributed by atoms with Crippen molar-refractivity contribution in [1.82, 2.24) is 24.4 Å². The fourth-order valence-corrected chi connectivity index (χ4v) is 3.13. The number of nitrogen functional groups attached to an aromatic ring is 1. The van der Waals surface area contributed by atoms with Gasteiger partial charge in [-0.15, -0.1) is 0 Å². The molecule has 1 fully saturated rings. The zero-order valence-electron chi connectivity index (χ0n) is 16.7. The van der Waals surface area contributed by atoms with Gasteiger partial charge in [-0.1, -0.05) is 0 Å². The molecule has 31 heavy (non-hydrogen) atoms. The van der Waals surface area contributed by atoms with E-state index in [1.807, 2.05) is 4.90 Å². The molecule has 2 aromatic rings. The molecule has 15 nitrogen and oxygen atoms in total. The van der Waals surface area contributed by atoms with Crippen LogP contribution in [0.4, 0.5) is 5.82 Å². The van der Waals surface area contributed by atoms with Crippen molar-refractivity contribution in [3.05, 3.63) is 12.2 Å². The molecule has 8 N–H and O–H groups in total. The minimum absolute atomic E-state index is 0.201. The molecule has 3 heterocycles. The number of imidazole rings is 1. The summed E-state index contributed by atoms with van der Waals surface area (Å²) in [5, 5.41) is 20.9. The minimum atomic E-state index is -4.67. The van der Waals surface area contributed by atoms with E-state index in [0.29, 0.717) is 30.1 Å². The predicted octanol–water partition coefficient (Wildman–Crippen LogP) is -2.51. The van der Waals surface area contributed by atoms with E-state index in [9.17, 15) is 15.0 Å². The summed E-state index contributed by atoms with van der Waals surface area (Å²) in [5.41, 5.74) is 11.8. The Bertz CT molecular complexity index is 1020. The number of likely N-dealkylation sites (N-methyl/N-ethyl adjacent to an activating group) is 1. The average molecular weight is 463 g/mol. The van der Waals surface area contributed by atoms with Gasteiger partial charge < -0.3 is 31.3 Å². The minimum Gasteiger partial charge on any atom is -0.387 e. The van der Waals surface area contributed by atoms with Crippen LogP contribution in [0.2, 0.25) is 0 Å². The largest absolute Gasteiger partial charge is 0.394 e. The number of aliphatic hydroxyl groups is 2. The summed E-state index contributed by atoms with van der Waals surface area (Å²) in [6.45, 7) is 2.49. The number of hydrogen-bond donors (Lipinski definition) is 6. The Balaban J connectivity index is 0.000000614. The Hall–Kier alpha value is -2.47. The fraction of sp³-hybridized carbons (Fsp3) is 0.600. The zero-order valence-corrected chi connectivity index (χ0v) is 17.5. The number of hydrogen-bond acceptors (Lipinski definition) is 11. The van der Waals surface area contributed by atoms with E-state index >= 15 is 0 Å². The highest BCUT2D eigenvalue weighted by Gasteiger charge is 2.45. The number of anilines is 1. The SMILES string of the molecule is Cc1nc2c(N)ncnc2n1[C@@H]1O[C@H](CN(C)CCC(N)=O)[C@@H](O)[C@H]1O.O=S(=O)(O)O. The second-order valence-corrected chi connectivity index (χ2v) is 7.83. The molecule has 2 aromatic heterocycles. The average Bonchev–Trinajstić information content (AvgIpc) is 3.10. The number of ether oxygens (including phenoxy) is 1. The van der Waals surface area contributed by atoms with Crippen molar-refractivity contribution >= 4 is 33.3 Å². The van der Waals surface area contributed by atoms with E-state index in [4.69, 9.17) is 33.7 Å². The quantitative estimate of drug-likeness (QED) is 0.243. The smallest absolute Gasteiger partial charge is 0.387 e. The highest BCUT2D eigenvalue weighted by Crippen LogP contribution is 2.33. The van der Waals surface area contributed by atoms with Crippen molar-refractivity contribution in [2.45, 2.75) is 37.9 Å². The molecule has 4 atom stereocenters. The number of primary amides is 1. The normalized spacial score (nSPS) is 23.7. The first kappa shape index (κ1) is 24.8.